The summed E-state index contributed by atoms with van der Waals surface area (Å²) in [5.41, 5.74) is 3.01. The first-order valence-electron chi connectivity index (χ1n) is 12.2. The molecule has 0 atom stereocenters. The molecule has 13 heteroatoms. The van der Waals surface area contributed by atoms with E-state index in [9.17, 15) is 28.3 Å². The second-order valence-electron chi connectivity index (χ2n) is 8.87. The minimum Gasteiger partial charge on any atom is -0.478 e. The number of carboxylic acid groups (broad SMARTS) is 1. The molecule has 0 bridgehead atoms. The van der Waals surface area contributed by atoms with Crippen molar-refractivity contribution in [2.45, 2.75) is 26.4 Å². The summed E-state index contributed by atoms with van der Waals surface area (Å²) >= 11 is 0.991. The molecular formula is C27H30F2N4O6S. The van der Waals surface area contributed by atoms with Crippen molar-refractivity contribution in [3.05, 3.63) is 70.8 Å². The third-order valence-corrected chi connectivity index (χ3v) is 6.85. The number of ether oxygens (including phenoxy) is 1. The molecule has 0 radical (unpaired) electrons. The molecule has 0 saturated heterocycles. The number of hydroxylamine groups is 1. The summed E-state index contributed by atoms with van der Waals surface area (Å²) in [6, 6.07) is 9.33. The van der Waals surface area contributed by atoms with Gasteiger partial charge in [-0.05, 0) is 50.3 Å². The second kappa shape index (κ2) is 13.8. The van der Waals surface area contributed by atoms with Gasteiger partial charge in [0, 0.05) is 28.2 Å². The first kappa shape index (κ1) is 30.5. The van der Waals surface area contributed by atoms with Gasteiger partial charge in [0.1, 0.15) is 16.6 Å². The molecule has 3 amide bonds. The highest BCUT2D eigenvalue weighted by molar-refractivity contribution is 7.20. The fraction of sp³-hybridized carbons (Fsp3) is 0.296. The zero-order chi connectivity index (χ0) is 29.4. The number of benzene rings is 2. The number of carboxylic acids is 1. The molecule has 40 heavy (non-hydrogen) atoms. The number of thiophene rings is 1. The van der Waals surface area contributed by atoms with Gasteiger partial charge in [-0.2, -0.15) is 0 Å². The summed E-state index contributed by atoms with van der Waals surface area (Å²) in [4.78, 5) is 45.4. The monoisotopic (exact) mass is 576 g/mol. The summed E-state index contributed by atoms with van der Waals surface area (Å²) in [6.07, 6.45) is -0.441. The fourth-order valence-electron chi connectivity index (χ4n) is 3.85. The lowest BCUT2D eigenvalue weighted by molar-refractivity contribution is 0.0696. The zero-order valence-electron chi connectivity index (χ0n) is 22.4. The van der Waals surface area contributed by atoms with Gasteiger partial charge in [-0.1, -0.05) is 25.1 Å². The maximum absolute atomic E-state index is 14.6. The molecule has 3 rings (SSSR count). The van der Waals surface area contributed by atoms with E-state index in [1.54, 1.807) is 50.2 Å². The predicted molar refractivity (Wildman–Crippen MR) is 147 cm³/mol. The van der Waals surface area contributed by atoms with E-state index in [2.05, 4.69) is 15.6 Å². The predicted octanol–water partition coefficient (Wildman–Crippen LogP) is 5.69. The number of aromatic carboxylic acids is 1. The fourth-order valence-corrected chi connectivity index (χ4v) is 5.14. The molecule has 0 aliphatic carbocycles. The van der Waals surface area contributed by atoms with Crippen molar-refractivity contribution in [3.63, 3.8) is 0 Å². The molecule has 3 N–H and O–H groups in total. The van der Waals surface area contributed by atoms with Crippen LogP contribution in [-0.4, -0.2) is 55.9 Å². The lowest BCUT2D eigenvalue weighted by Crippen LogP contribution is -2.32. The number of nitrogens with one attached hydrogen (secondary N) is 2. The first-order chi connectivity index (χ1) is 19.1. The van der Waals surface area contributed by atoms with Crippen LogP contribution >= 0.6 is 11.3 Å². The normalized spacial score (nSPS) is 10.9. The number of hydrogen-bond acceptors (Lipinski definition) is 7. The van der Waals surface area contributed by atoms with E-state index in [1.165, 1.54) is 13.2 Å². The van der Waals surface area contributed by atoms with E-state index in [0.29, 0.717) is 28.1 Å². The average Bonchev–Trinajstić information content (AvgIpc) is 3.26. The number of rotatable bonds is 11. The molecule has 2 aromatic carbocycles. The molecule has 1 aromatic heterocycles. The second-order valence-corrected chi connectivity index (χ2v) is 9.87. The lowest BCUT2D eigenvalue weighted by atomic mass is 10.0. The van der Waals surface area contributed by atoms with Crippen LogP contribution in [-0.2, 0) is 22.7 Å². The molecule has 0 fully saturated rings. The largest absolute Gasteiger partial charge is 0.478 e. The van der Waals surface area contributed by atoms with Crippen molar-refractivity contribution in [2.24, 2.45) is 0 Å². The summed E-state index contributed by atoms with van der Waals surface area (Å²) in [5, 5.41) is 12.8. The van der Waals surface area contributed by atoms with Gasteiger partial charge in [0.15, 0.2) is 0 Å². The molecule has 0 spiro atoms. The van der Waals surface area contributed by atoms with Gasteiger partial charge < -0.3 is 20.1 Å². The SMILES string of the molecule is CCCOC(=O)N(Cc1c(F)cccc1F)c1sc(-c2ccc(NC(=O)NOC)cc2)c(CN(C)C)c1C(=O)O. The minimum atomic E-state index is -1.31. The number of urea groups is 1. The molecule has 3 aromatic rings. The van der Waals surface area contributed by atoms with E-state index in [-0.39, 0.29) is 23.7 Å². The van der Waals surface area contributed by atoms with Crippen LogP contribution < -0.4 is 15.7 Å². The van der Waals surface area contributed by atoms with Gasteiger partial charge in [0.25, 0.3) is 0 Å². The first-order valence-corrected chi connectivity index (χ1v) is 13.0. The Labute approximate surface area is 234 Å². The Morgan fingerprint density at radius 2 is 1.65 bits per heavy atom. The smallest absolute Gasteiger partial charge is 0.415 e. The Morgan fingerprint density at radius 3 is 2.20 bits per heavy atom. The number of nitrogens with zero attached hydrogens (tertiary/aromatic N) is 2. The summed E-state index contributed by atoms with van der Waals surface area (Å²) in [5.74, 6) is -3.07. The summed E-state index contributed by atoms with van der Waals surface area (Å²) in [7, 11) is 4.82. The van der Waals surface area contributed by atoms with Crippen molar-refractivity contribution in [3.8, 4) is 10.4 Å². The Balaban J connectivity index is 2.17. The van der Waals surface area contributed by atoms with Crippen LogP contribution in [0.25, 0.3) is 10.4 Å². The van der Waals surface area contributed by atoms with Crippen LogP contribution in [0.15, 0.2) is 42.5 Å². The third-order valence-electron chi connectivity index (χ3n) is 5.55. The highest BCUT2D eigenvalue weighted by atomic mass is 32.1. The molecule has 1 heterocycles. The summed E-state index contributed by atoms with van der Waals surface area (Å²) in [6.45, 7) is 1.42. The Bertz CT molecular complexity index is 1340. The van der Waals surface area contributed by atoms with Crippen molar-refractivity contribution < 1.29 is 37.8 Å². The van der Waals surface area contributed by atoms with Crippen molar-refractivity contribution in [1.82, 2.24) is 10.4 Å². The van der Waals surface area contributed by atoms with Crippen LogP contribution in [0.5, 0.6) is 0 Å². The number of amides is 3. The molecule has 0 unspecified atom stereocenters. The Kier molecular flexibility index (Phi) is 10.5. The molecule has 0 saturated carbocycles. The van der Waals surface area contributed by atoms with Crippen LogP contribution in [0.3, 0.4) is 0 Å². The molecule has 0 aliphatic rings. The number of carbonyl (C=O) groups is 3. The van der Waals surface area contributed by atoms with Gasteiger partial charge in [-0.25, -0.2) is 28.6 Å². The van der Waals surface area contributed by atoms with Crippen LogP contribution in [0.4, 0.5) is 29.1 Å². The average molecular weight is 577 g/mol. The van der Waals surface area contributed by atoms with Crippen LogP contribution in [0, 0.1) is 11.6 Å². The number of halogens is 2. The highest BCUT2D eigenvalue weighted by Crippen LogP contribution is 2.44. The molecular weight excluding hydrogens is 546 g/mol. The van der Waals surface area contributed by atoms with Gasteiger partial charge in [-0.3, -0.25) is 9.74 Å². The number of carbonyl (C=O) groups excluding carboxylic acids is 2. The quantitative estimate of drug-likeness (QED) is 0.251. The molecule has 0 aliphatic heterocycles. The van der Waals surface area contributed by atoms with Crippen molar-refractivity contribution in [1.29, 1.82) is 0 Å². The van der Waals surface area contributed by atoms with E-state index in [0.717, 1.165) is 28.4 Å². The number of anilines is 2. The number of hydrogen-bond donors (Lipinski definition) is 3. The molecule has 214 valence electrons. The van der Waals surface area contributed by atoms with E-state index >= 15 is 0 Å². The van der Waals surface area contributed by atoms with E-state index < -0.39 is 41.8 Å². The maximum atomic E-state index is 14.6. The topological polar surface area (TPSA) is 120 Å². The standard InChI is InChI=1S/C27H30F2N4O6S/c1-5-13-39-27(37)33(15-18-20(28)7-6-8-21(18)29)24-22(25(34)35)19(14-32(2)3)23(40-24)16-9-11-17(12-10-16)30-26(36)31-38-4/h6-12H,5,13-15H2,1-4H3,(H,34,35)(H2,30,31,36). The minimum absolute atomic E-state index is 0.0234. The third kappa shape index (κ3) is 7.31. The van der Waals surface area contributed by atoms with Gasteiger partial charge >= 0.3 is 18.1 Å². The van der Waals surface area contributed by atoms with Gasteiger partial charge in [0.2, 0.25) is 0 Å². The lowest BCUT2D eigenvalue weighted by Gasteiger charge is -2.22. The van der Waals surface area contributed by atoms with Crippen molar-refractivity contribution in [2.75, 3.05) is 38.0 Å². The maximum Gasteiger partial charge on any atom is 0.415 e. The van der Waals surface area contributed by atoms with Crippen LogP contribution in [0.2, 0.25) is 0 Å². The van der Waals surface area contributed by atoms with Gasteiger partial charge in [0.05, 0.1) is 25.8 Å². The zero-order valence-corrected chi connectivity index (χ0v) is 23.2. The van der Waals surface area contributed by atoms with E-state index in [4.69, 9.17) is 4.74 Å². The Hall–Kier alpha value is -4.07. The van der Waals surface area contributed by atoms with Gasteiger partial charge in [-0.15, -0.1) is 11.3 Å². The Morgan fingerprint density at radius 1 is 1.00 bits per heavy atom. The van der Waals surface area contributed by atoms with Crippen LogP contribution in [0.1, 0.15) is 34.8 Å². The molecule has 10 nitrogen and oxygen atoms in total. The van der Waals surface area contributed by atoms with E-state index in [1.807, 2.05) is 0 Å². The van der Waals surface area contributed by atoms with Crippen molar-refractivity contribution >= 4 is 40.1 Å². The summed E-state index contributed by atoms with van der Waals surface area (Å²) < 4.78 is 34.5. The highest BCUT2D eigenvalue weighted by Gasteiger charge is 2.32.